The van der Waals surface area contributed by atoms with Crippen LogP contribution in [0.4, 0.5) is 10.7 Å². The Morgan fingerprint density at radius 1 is 1.28 bits per heavy atom. The van der Waals surface area contributed by atoms with E-state index >= 15 is 0 Å². The van der Waals surface area contributed by atoms with Crippen molar-refractivity contribution in [1.29, 1.82) is 0 Å². The van der Waals surface area contributed by atoms with E-state index in [1.165, 1.54) is 0 Å². The van der Waals surface area contributed by atoms with E-state index < -0.39 is 0 Å². The summed E-state index contributed by atoms with van der Waals surface area (Å²) < 4.78 is 15.4. The third-order valence-electron chi connectivity index (χ3n) is 3.75. The molecule has 0 spiro atoms. The van der Waals surface area contributed by atoms with Crippen molar-refractivity contribution in [2.24, 2.45) is 0 Å². The molecule has 0 unspecified atom stereocenters. The van der Waals surface area contributed by atoms with Crippen molar-refractivity contribution in [1.82, 2.24) is 20.1 Å². The molecule has 2 aromatic rings. The van der Waals surface area contributed by atoms with Gasteiger partial charge in [-0.25, -0.2) is 9.78 Å². The number of anilines is 1. The van der Waals surface area contributed by atoms with Gasteiger partial charge in [0.15, 0.2) is 11.5 Å². The molecule has 1 aromatic carbocycles. The lowest BCUT2D eigenvalue weighted by atomic mass is 10.1. The number of nitrogens with one attached hydrogen (secondary N) is 1. The molecule has 1 saturated heterocycles. The maximum atomic E-state index is 11.4. The van der Waals surface area contributed by atoms with E-state index in [0.717, 1.165) is 5.56 Å². The molecule has 1 N–H and O–H groups in total. The monoisotopic (exact) mass is 345 g/mol. The fourth-order valence-corrected chi connectivity index (χ4v) is 2.44. The molecule has 1 aliphatic heterocycles. The summed E-state index contributed by atoms with van der Waals surface area (Å²) in [5.74, 6) is 1.64. The van der Waals surface area contributed by atoms with Crippen LogP contribution in [0.15, 0.2) is 24.4 Å². The molecule has 0 bridgehead atoms. The van der Waals surface area contributed by atoms with Crippen LogP contribution in [0.2, 0.25) is 0 Å². The number of amides is 1. The van der Waals surface area contributed by atoms with Crippen LogP contribution in [0, 0.1) is 0 Å². The molecule has 0 radical (unpaired) electrons. The molecule has 9 nitrogen and oxygen atoms in total. The second-order valence-electron chi connectivity index (χ2n) is 5.26. The number of benzene rings is 1. The minimum Gasteiger partial charge on any atom is -0.493 e. The summed E-state index contributed by atoms with van der Waals surface area (Å²) >= 11 is 0. The van der Waals surface area contributed by atoms with Gasteiger partial charge in [0.05, 0.1) is 32.7 Å². The summed E-state index contributed by atoms with van der Waals surface area (Å²) in [7, 11) is 3.16. The van der Waals surface area contributed by atoms with Gasteiger partial charge in [-0.3, -0.25) is 0 Å². The normalized spacial score (nSPS) is 13.5. The quantitative estimate of drug-likeness (QED) is 0.804. The predicted octanol–water partition coefficient (Wildman–Crippen LogP) is 1.42. The third kappa shape index (κ3) is 3.87. The molecule has 1 aromatic heterocycles. The summed E-state index contributed by atoms with van der Waals surface area (Å²) in [4.78, 5) is 17.4. The Labute approximate surface area is 144 Å². The van der Waals surface area contributed by atoms with Gasteiger partial charge in [-0.1, -0.05) is 0 Å². The summed E-state index contributed by atoms with van der Waals surface area (Å²) in [5.41, 5.74) is 1.48. The van der Waals surface area contributed by atoms with E-state index in [2.05, 4.69) is 20.5 Å². The Kier molecular flexibility index (Phi) is 5.12. The van der Waals surface area contributed by atoms with Crippen LogP contribution in [0.1, 0.15) is 0 Å². The Bertz CT molecular complexity index is 755. The van der Waals surface area contributed by atoms with Crippen molar-refractivity contribution in [3.05, 3.63) is 24.4 Å². The van der Waals surface area contributed by atoms with E-state index in [-0.39, 0.29) is 6.09 Å². The molecule has 132 valence electrons. The zero-order chi connectivity index (χ0) is 17.6. The highest BCUT2D eigenvalue weighted by atomic mass is 16.6. The molecule has 0 aliphatic carbocycles. The SMILES string of the molecule is COc1ccc(-c2cnnc(NCCN3CCOC3=O)n2)cc1OC. The molecular weight excluding hydrogens is 326 g/mol. The fraction of sp³-hybridized carbons (Fsp3) is 0.375. The molecule has 9 heteroatoms. The lowest BCUT2D eigenvalue weighted by Gasteiger charge is -2.13. The number of hydrogen-bond donors (Lipinski definition) is 1. The van der Waals surface area contributed by atoms with Crippen molar-refractivity contribution in [3.8, 4) is 22.8 Å². The second kappa shape index (κ2) is 7.65. The van der Waals surface area contributed by atoms with Crippen LogP contribution >= 0.6 is 0 Å². The van der Waals surface area contributed by atoms with E-state index in [1.807, 2.05) is 18.2 Å². The third-order valence-corrected chi connectivity index (χ3v) is 3.75. The fourth-order valence-electron chi connectivity index (χ4n) is 2.44. The number of rotatable bonds is 7. The van der Waals surface area contributed by atoms with Crippen molar-refractivity contribution in [3.63, 3.8) is 0 Å². The highest BCUT2D eigenvalue weighted by Gasteiger charge is 2.21. The Morgan fingerprint density at radius 3 is 2.84 bits per heavy atom. The Morgan fingerprint density at radius 2 is 2.12 bits per heavy atom. The number of carbonyl (C=O) groups is 1. The zero-order valence-electron chi connectivity index (χ0n) is 14.1. The Hall–Kier alpha value is -3.10. The largest absolute Gasteiger partial charge is 0.493 e. The first kappa shape index (κ1) is 16.7. The van der Waals surface area contributed by atoms with E-state index in [9.17, 15) is 4.79 Å². The van der Waals surface area contributed by atoms with Crippen molar-refractivity contribution < 1.29 is 19.0 Å². The number of nitrogens with zero attached hydrogens (tertiary/aromatic N) is 4. The smallest absolute Gasteiger partial charge is 0.409 e. The summed E-state index contributed by atoms with van der Waals surface area (Å²) in [5, 5.41) is 11.0. The number of ether oxygens (including phenoxy) is 3. The number of aromatic nitrogens is 3. The van der Waals surface area contributed by atoms with Crippen LogP contribution in [0.3, 0.4) is 0 Å². The van der Waals surface area contributed by atoms with Gasteiger partial charge in [-0.15, -0.1) is 5.10 Å². The summed E-state index contributed by atoms with van der Waals surface area (Å²) in [6, 6.07) is 5.50. The molecule has 0 atom stereocenters. The number of hydrogen-bond acceptors (Lipinski definition) is 8. The lowest BCUT2D eigenvalue weighted by molar-refractivity contribution is 0.159. The lowest BCUT2D eigenvalue weighted by Crippen LogP contribution is -2.30. The summed E-state index contributed by atoms with van der Waals surface area (Å²) in [6.45, 7) is 2.06. The van der Waals surface area contributed by atoms with Gasteiger partial charge in [-0.2, -0.15) is 5.10 Å². The van der Waals surface area contributed by atoms with Gasteiger partial charge < -0.3 is 24.4 Å². The average molecular weight is 345 g/mol. The molecular formula is C16H19N5O4. The van der Waals surface area contributed by atoms with Gasteiger partial charge in [0.1, 0.15) is 6.61 Å². The van der Waals surface area contributed by atoms with Crippen LogP contribution in [0.25, 0.3) is 11.3 Å². The van der Waals surface area contributed by atoms with Gasteiger partial charge in [0, 0.05) is 18.7 Å². The molecule has 1 amide bonds. The van der Waals surface area contributed by atoms with E-state index in [0.29, 0.717) is 49.4 Å². The van der Waals surface area contributed by atoms with Crippen LogP contribution < -0.4 is 14.8 Å². The number of methoxy groups -OCH3 is 2. The first-order valence-electron chi connectivity index (χ1n) is 7.79. The number of cyclic esters (lactones) is 1. The molecule has 1 aliphatic rings. The average Bonchev–Trinajstić information content (AvgIpc) is 3.06. The predicted molar refractivity (Wildman–Crippen MR) is 89.8 cm³/mol. The molecule has 1 fully saturated rings. The van der Waals surface area contributed by atoms with Gasteiger partial charge >= 0.3 is 6.09 Å². The highest BCUT2D eigenvalue weighted by molar-refractivity contribution is 5.69. The first-order chi connectivity index (χ1) is 12.2. The number of carbonyl (C=O) groups excluding carboxylic acids is 1. The van der Waals surface area contributed by atoms with Gasteiger partial charge in [-0.05, 0) is 18.2 Å². The standard InChI is InChI=1S/C16H19N5O4/c1-23-13-4-3-11(9-14(13)24-2)12-10-18-20-15(19-12)17-5-6-21-7-8-25-16(21)22/h3-4,9-10H,5-8H2,1-2H3,(H,17,19,20). The van der Waals surface area contributed by atoms with E-state index in [4.69, 9.17) is 14.2 Å². The van der Waals surface area contributed by atoms with Crippen molar-refractivity contribution in [2.75, 3.05) is 45.8 Å². The Balaban J connectivity index is 1.67. The zero-order valence-corrected chi connectivity index (χ0v) is 14.1. The topological polar surface area (TPSA) is 98.7 Å². The minimum atomic E-state index is -0.292. The molecule has 0 saturated carbocycles. The maximum Gasteiger partial charge on any atom is 0.409 e. The highest BCUT2D eigenvalue weighted by Crippen LogP contribution is 2.31. The van der Waals surface area contributed by atoms with Gasteiger partial charge in [0.2, 0.25) is 5.95 Å². The van der Waals surface area contributed by atoms with Crippen LogP contribution in [0.5, 0.6) is 11.5 Å². The maximum absolute atomic E-state index is 11.4. The molecule has 2 heterocycles. The second-order valence-corrected chi connectivity index (χ2v) is 5.26. The molecule has 3 rings (SSSR count). The van der Waals surface area contributed by atoms with Crippen LogP contribution in [-0.4, -0.2) is 66.6 Å². The molecule has 25 heavy (non-hydrogen) atoms. The first-order valence-corrected chi connectivity index (χ1v) is 7.79. The van der Waals surface area contributed by atoms with E-state index in [1.54, 1.807) is 25.3 Å². The summed E-state index contributed by atoms with van der Waals surface area (Å²) in [6.07, 6.45) is 1.28. The van der Waals surface area contributed by atoms with Gasteiger partial charge in [0.25, 0.3) is 0 Å². The van der Waals surface area contributed by atoms with Crippen LogP contribution in [-0.2, 0) is 4.74 Å². The minimum absolute atomic E-state index is 0.292. The van der Waals surface area contributed by atoms with Crippen molar-refractivity contribution >= 4 is 12.0 Å². The van der Waals surface area contributed by atoms with Crippen molar-refractivity contribution in [2.45, 2.75) is 0 Å².